The smallest absolute Gasteiger partial charge is 0.158 e. The van der Waals surface area contributed by atoms with Crippen LogP contribution in [0.4, 0.5) is 5.82 Å². The van der Waals surface area contributed by atoms with Gasteiger partial charge in [0.2, 0.25) is 0 Å². The number of aliphatic hydroxyl groups is 1. The summed E-state index contributed by atoms with van der Waals surface area (Å²) in [7, 11) is 1.67. The summed E-state index contributed by atoms with van der Waals surface area (Å²) in [5.41, 5.74) is 3.62. The summed E-state index contributed by atoms with van der Waals surface area (Å²) in [4.78, 5) is 9.29. The van der Waals surface area contributed by atoms with Crippen LogP contribution in [0.15, 0.2) is 36.4 Å². The van der Waals surface area contributed by atoms with Crippen LogP contribution in [0.5, 0.6) is 5.75 Å². The quantitative estimate of drug-likeness (QED) is 0.742. The van der Waals surface area contributed by atoms with Crippen LogP contribution < -0.4 is 9.64 Å². The monoisotopic (exact) mass is 367 g/mol. The lowest BCUT2D eigenvalue weighted by atomic mass is 10.1. The van der Waals surface area contributed by atoms with Crippen molar-refractivity contribution in [3.8, 4) is 17.0 Å². The van der Waals surface area contributed by atoms with E-state index in [9.17, 15) is 0 Å². The topological polar surface area (TPSA) is 66.1 Å². The summed E-state index contributed by atoms with van der Waals surface area (Å²) in [6.07, 6.45) is 0. The molecule has 1 saturated heterocycles. The maximum Gasteiger partial charge on any atom is 0.158 e. The van der Waals surface area contributed by atoms with Crippen molar-refractivity contribution >= 4 is 11.5 Å². The number of aliphatic hydroxyl groups excluding tert-OH is 1. The van der Waals surface area contributed by atoms with Crippen LogP contribution in [0.25, 0.3) is 16.9 Å². The molecule has 142 valence electrons. The van der Waals surface area contributed by atoms with Gasteiger partial charge in [-0.25, -0.2) is 4.98 Å². The van der Waals surface area contributed by atoms with E-state index in [1.807, 2.05) is 41.8 Å². The maximum atomic E-state index is 9.15. The van der Waals surface area contributed by atoms with Gasteiger partial charge in [0.05, 0.1) is 19.4 Å². The molecule has 4 rings (SSSR count). The van der Waals surface area contributed by atoms with Crippen LogP contribution in [-0.2, 0) is 0 Å². The lowest BCUT2D eigenvalue weighted by Crippen LogP contribution is -2.47. The van der Waals surface area contributed by atoms with Crippen LogP contribution in [0.1, 0.15) is 5.69 Å². The minimum absolute atomic E-state index is 0.208. The predicted molar refractivity (Wildman–Crippen MR) is 105 cm³/mol. The average molecular weight is 367 g/mol. The summed E-state index contributed by atoms with van der Waals surface area (Å²) in [6, 6.07) is 12.0. The Kier molecular flexibility index (Phi) is 4.96. The third-order valence-corrected chi connectivity index (χ3v) is 5.03. The standard InChI is InChI=1S/C20H25N5O2/c1-15-13-20(24-9-7-23(8-10-24)11-12-26)25-19(21-15)14-17(22-25)16-5-3-4-6-18(16)27-2/h3-6,13-14,26H,7-12H2,1-2H3. The SMILES string of the molecule is COc1ccccc1-c1cc2nc(C)cc(N3CCN(CCO)CC3)n2n1. The van der Waals surface area contributed by atoms with Crippen molar-refractivity contribution in [1.29, 1.82) is 0 Å². The molecule has 0 aliphatic carbocycles. The lowest BCUT2D eigenvalue weighted by molar-refractivity contribution is 0.188. The zero-order valence-electron chi connectivity index (χ0n) is 15.8. The molecule has 7 nitrogen and oxygen atoms in total. The summed E-state index contributed by atoms with van der Waals surface area (Å²) >= 11 is 0. The highest BCUT2D eigenvalue weighted by Gasteiger charge is 2.21. The Hall–Kier alpha value is -2.64. The molecule has 1 fully saturated rings. The van der Waals surface area contributed by atoms with E-state index >= 15 is 0 Å². The van der Waals surface area contributed by atoms with E-state index in [1.165, 1.54) is 0 Å². The number of hydrogen-bond donors (Lipinski definition) is 1. The van der Waals surface area contributed by atoms with Crippen molar-refractivity contribution in [2.75, 3.05) is 51.3 Å². The van der Waals surface area contributed by atoms with Gasteiger partial charge < -0.3 is 14.7 Å². The van der Waals surface area contributed by atoms with Crippen LogP contribution in [0.2, 0.25) is 0 Å². The van der Waals surface area contributed by atoms with Crippen molar-refractivity contribution < 1.29 is 9.84 Å². The Bertz CT molecular complexity index is 931. The molecule has 0 atom stereocenters. The van der Waals surface area contributed by atoms with Crippen LogP contribution in [0, 0.1) is 6.92 Å². The van der Waals surface area contributed by atoms with Gasteiger partial charge in [0, 0.05) is 56.1 Å². The van der Waals surface area contributed by atoms with Crippen molar-refractivity contribution in [3.63, 3.8) is 0 Å². The first-order valence-electron chi connectivity index (χ1n) is 9.28. The number of hydrogen-bond acceptors (Lipinski definition) is 6. The highest BCUT2D eigenvalue weighted by atomic mass is 16.5. The van der Waals surface area contributed by atoms with E-state index in [1.54, 1.807) is 7.11 Å². The second-order valence-corrected chi connectivity index (χ2v) is 6.81. The van der Waals surface area contributed by atoms with Gasteiger partial charge in [-0.15, -0.1) is 0 Å². The van der Waals surface area contributed by atoms with Gasteiger partial charge in [-0.3, -0.25) is 4.90 Å². The minimum atomic E-state index is 0.208. The molecule has 0 unspecified atom stereocenters. The first kappa shape index (κ1) is 17.8. The number of ether oxygens (including phenoxy) is 1. The highest BCUT2D eigenvalue weighted by Crippen LogP contribution is 2.30. The summed E-state index contributed by atoms with van der Waals surface area (Å²) < 4.78 is 7.42. The van der Waals surface area contributed by atoms with Crippen LogP contribution in [-0.4, -0.2) is 71.0 Å². The van der Waals surface area contributed by atoms with Gasteiger partial charge in [0.25, 0.3) is 0 Å². The molecule has 3 heterocycles. The Morgan fingerprint density at radius 3 is 2.63 bits per heavy atom. The van der Waals surface area contributed by atoms with Crippen molar-refractivity contribution in [1.82, 2.24) is 19.5 Å². The van der Waals surface area contributed by atoms with Crippen molar-refractivity contribution in [2.45, 2.75) is 6.92 Å². The second-order valence-electron chi connectivity index (χ2n) is 6.81. The molecule has 0 spiro atoms. The van der Waals surface area contributed by atoms with Gasteiger partial charge >= 0.3 is 0 Å². The van der Waals surface area contributed by atoms with Gasteiger partial charge in [0.15, 0.2) is 5.65 Å². The molecular formula is C20H25N5O2. The van der Waals surface area contributed by atoms with Crippen molar-refractivity contribution in [2.24, 2.45) is 0 Å². The van der Waals surface area contributed by atoms with Gasteiger partial charge in [-0.05, 0) is 19.1 Å². The molecule has 27 heavy (non-hydrogen) atoms. The number of para-hydroxylation sites is 1. The van der Waals surface area contributed by atoms with Gasteiger partial charge in [-0.1, -0.05) is 12.1 Å². The molecular weight excluding hydrogens is 342 g/mol. The maximum absolute atomic E-state index is 9.15. The Labute approximate surface area is 158 Å². The molecule has 7 heteroatoms. The number of anilines is 1. The highest BCUT2D eigenvalue weighted by molar-refractivity contribution is 5.71. The normalized spacial score (nSPS) is 15.4. The van der Waals surface area contributed by atoms with E-state index in [0.29, 0.717) is 0 Å². The number of benzene rings is 1. The molecule has 0 saturated carbocycles. The second kappa shape index (κ2) is 7.54. The zero-order valence-corrected chi connectivity index (χ0v) is 15.8. The molecule has 0 bridgehead atoms. The number of rotatable bonds is 5. The molecule has 1 aliphatic heterocycles. The average Bonchev–Trinajstić information content (AvgIpc) is 3.12. The lowest BCUT2D eigenvalue weighted by Gasteiger charge is -2.35. The van der Waals surface area contributed by atoms with E-state index in [4.69, 9.17) is 14.9 Å². The minimum Gasteiger partial charge on any atom is -0.496 e. The fraction of sp³-hybridized carbons (Fsp3) is 0.400. The van der Waals surface area contributed by atoms with E-state index in [0.717, 1.165) is 66.9 Å². The molecule has 1 aromatic carbocycles. The fourth-order valence-corrected chi connectivity index (χ4v) is 3.64. The molecule has 0 amide bonds. The molecule has 3 aromatic rings. The third kappa shape index (κ3) is 3.48. The van der Waals surface area contributed by atoms with E-state index in [2.05, 4.69) is 20.9 Å². The Morgan fingerprint density at radius 1 is 1.11 bits per heavy atom. The Balaban J connectivity index is 1.71. The van der Waals surface area contributed by atoms with E-state index in [-0.39, 0.29) is 6.61 Å². The van der Waals surface area contributed by atoms with Crippen LogP contribution in [0.3, 0.4) is 0 Å². The molecule has 1 aliphatic rings. The van der Waals surface area contributed by atoms with Gasteiger partial charge in [-0.2, -0.15) is 9.61 Å². The fourth-order valence-electron chi connectivity index (χ4n) is 3.64. The third-order valence-electron chi connectivity index (χ3n) is 5.03. The molecule has 1 N–H and O–H groups in total. The number of methoxy groups -OCH3 is 1. The summed E-state index contributed by atoms with van der Waals surface area (Å²) in [6.45, 7) is 6.64. The zero-order chi connectivity index (χ0) is 18.8. The number of aryl methyl sites for hydroxylation is 1. The number of nitrogens with zero attached hydrogens (tertiary/aromatic N) is 5. The number of β-amino-alcohol motifs (C(OH)–C–C–N with tert-alkyl or cyclic N) is 1. The molecule has 0 radical (unpaired) electrons. The first-order chi connectivity index (χ1) is 13.2. The van der Waals surface area contributed by atoms with E-state index < -0.39 is 0 Å². The summed E-state index contributed by atoms with van der Waals surface area (Å²) in [5.74, 6) is 1.86. The number of fused-ring (bicyclic) bond motifs is 1. The Morgan fingerprint density at radius 2 is 1.89 bits per heavy atom. The van der Waals surface area contributed by atoms with Gasteiger partial charge in [0.1, 0.15) is 11.6 Å². The predicted octanol–water partition coefficient (Wildman–Crippen LogP) is 1.83. The number of piperazine rings is 1. The first-order valence-corrected chi connectivity index (χ1v) is 9.28. The summed E-state index contributed by atoms with van der Waals surface area (Å²) in [5, 5.41) is 14.0. The van der Waals surface area contributed by atoms with Crippen LogP contribution >= 0.6 is 0 Å². The molecule has 2 aromatic heterocycles. The number of aromatic nitrogens is 3. The van der Waals surface area contributed by atoms with Crippen molar-refractivity contribution in [3.05, 3.63) is 42.1 Å². The largest absolute Gasteiger partial charge is 0.496 e.